The Labute approximate surface area is 94.1 Å². The lowest BCUT2D eigenvalue weighted by Gasteiger charge is -2.22. The predicted molar refractivity (Wildman–Crippen MR) is 62.3 cm³/mol. The first kappa shape index (κ1) is 10.8. The molecule has 2 aromatic heterocycles. The van der Waals surface area contributed by atoms with Gasteiger partial charge in [0.2, 0.25) is 5.65 Å². The second kappa shape index (κ2) is 4.89. The molecular weight excluding hydrogens is 204 g/mol. The lowest BCUT2D eigenvalue weighted by atomic mass is 10.4. The van der Waals surface area contributed by atoms with Crippen LogP contribution in [0.15, 0.2) is 18.7 Å². The zero-order valence-corrected chi connectivity index (χ0v) is 9.37. The average molecular weight is 220 g/mol. The number of hydrogen-bond donors (Lipinski definition) is 1. The van der Waals surface area contributed by atoms with E-state index in [4.69, 9.17) is 5.73 Å². The van der Waals surface area contributed by atoms with Crippen molar-refractivity contribution in [1.29, 1.82) is 0 Å². The minimum atomic E-state index is 0.608. The molecule has 2 N–H and O–H groups in total. The largest absolute Gasteiger partial charge is 0.352 e. The zero-order chi connectivity index (χ0) is 11.4. The molecule has 16 heavy (non-hydrogen) atoms. The number of rotatable bonds is 5. The molecule has 2 aromatic rings. The quantitative estimate of drug-likeness (QED) is 0.784. The molecule has 0 spiro atoms. The van der Waals surface area contributed by atoms with Gasteiger partial charge in [0.15, 0.2) is 5.82 Å². The maximum Gasteiger partial charge on any atom is 0.203 e. The zero-order valence-electron chi connectivity index (χ0n) is 9.37. The number of fused-ring (bicyclic) bond motifs is 1. The average Bonchev–Trinajstić information content (AvgIpc) is 2.76. The summed E-state index contributed by atoms with van der Waals surface area (Å²) in [5, 5.41) is 7.95. The fraction of sp³-hybridized carbons (Fsp3) is 0.500. The Morgan fingerprint density at radius 2 is 2.31 bits per heavy atom. The third kappa shape index (κ3) is 1.96. The highest BCUT2D eigenvalue weighted by Gasteiger charge is 2.11. The van der Waals surface area contributed by atoms with E-state index in [0.717, 1.165) is 31.0 Å². The maximum atomic E-state index is 5.60. The third-order valence-electron chi connectivity index (χ3n) is 2.39. The van der Waals surface area contributed by atoms with Crippen LogP contribution >= 0.6 is 0 Å². The summed E-state index contributed by atoms with van der Waals surface area (Å²) in [4.78, 5) is 6.51. The summed E-state index contributed by atoms with van der Waals surface area (Å²) in [6, 6.07) is 0. The van der Waals surface area contributed by atoms with E-state index in [2.05, 4.69) is 27.0 Å². The van der Waals surface area contributed by atoms with E-state index in [-0.39, 0.29) is 0 Å². The van der Waals surface area contributed by atoms with Crippen LogP contribution in [0.5, 0.6) is 0 Å². The van der Waals surface area contributed by atoms with Crippen LogP contribution in [-0.4, -0.2) is 39.2 Å². The van der Waals surface area contributed by atoms with Gasteiger partial charge in [-0.2, -0.15) is 0 Å². The third-order valence-corrected chi connectivity index (χ3v) is 2.39. The lowest BCUT2D eigenvalue weighted by Crippen LogP contribution is -2.31. The lowest BCUT2D eigenvalue weighted by molar-refractivity contribution is 0.750. The van der Waals surface area contributed by atoms with Crippen LogP contribution < -0.4 is 10.6 Å². The van der Waals surface area contributed by atoms with Crippen LogP contribution in [0, 0.1) is 0 Å². The number of hydrogen-bond acceptors (Lipinski definition) is 5. The standard InChI is InChI=1S/C10H16N6/c1-2-5-15(6-3-11)9-10-14-13-8-16(10)7-4-12-9/h4,7-8H,2-3,5-6,11H2,1H3. The number of nitrogens with zero attached hydrogens (tertiary/aromatic N) is 5. The van der Waals surface area contributed by atoms with Gasteiger partial charge in [-0.3, -0.25) is 4.40 Å². The topological polar surface area (TPSA) is 72.3 Å². The van der Waals surface area contributed by atoms with Crippen LogP contribution in [0.3, 0.4) is 0 Å². The van der Waals surface area contributed by atoms with Gasteiger partial charge in [-0.25, -0.2) is 4.98 Å². The molecule has 0 aromatic carbocycles. The number of anilines is 1. The second-order valence-corrected chi connectivity index (χ2v) is 3.59. The minimum absolute atomic E-state index is 0.608. The van der Waals surface area contributed by atoms with E-state index in [1.807, 2.05) is 10.6 Å². The summed E-state index contributed by atoms with van der Waals surface area (Å²) < 4.78 is 1.86. The Morgan fingerprint density at radius 1 is 1.44 bits per heavy atom. The molecule has 0 atom stereocenters. The molecule has 2 heterocycles. The SMILES string of the molecule is CCCN(CCN)c1nccn2cnnc12. The summed E-state index contributed by atoms with van der Waals surface area (Å²) >= 11 is 0. The Morgan fingerprint density at radius 3 is 3.06 bits per heavy atom. The summed E-state index contributed by atoms with van der Waals surface area (Å²) in [7, 11) is 0. The van der Waals surface area contributed by atoms with Crippen molar-refractivity contribution in [1.82, 2.24) is 19.6 Å². The highest BCUT2D eigenvalue weighted by atomic mass is 15.3. The van der Waals surface area contributed by atoms with Gasteiger partial charge in [0.05, 0.1) is 0 Å². The van der Waals surface area contributed by atoms with E-state index in [9.17, 15) is 0 Å². The van der Waals surface area contributed by atoms with Crippen molar-refractivity contribution in [2.24, 2.45) is 5.73 Å². The van der Waals surface area contributed by atoms with Gasteiger partial charge >= 0.3 is 0 Å². The Bertz CT molecular complexity index is 445. The van der Waals surface area contributed by atoms with Gasteiger partial charge in [-0.05, 0) is 6.42 Å². The molecule has 0 saturated carbocycles. The van der Waals surface area contributed by atoms with Crippen LogP contribution in [0.25, 0.3) is 5.65 Å². The van der Waals surface area contributed by atoms with Crippen molar-refractivity contribution in [2.45, 2.75) is 13.3 Å². The molecule has 0 bridgehead atoms. The van der Waals surface area contributed by atoms with Gasteiger partial charge in [-0.15, -0.1) is 10.2 Å². The first-order chi connectivity index (χ1) is 7.86. The van der Waals surface area contributed by atoms with Crippen molar-refractivity contribution in [2.75, 3.05) is 24.5 Å². The number of nitrogens with two attached hydrogens (primary N) is 1. The predicted octanol–water partition coefficient (Wildman–Crippen LogP) is 0.299. The van der Waals surface area contributed by atoms with Crippen LogP contribution in [-0.2, 0) is 0 Å². The molecule has 6 nitrogen and oxygen atoms in total. The molecule has 0 fully saturated rings. The molecular formula is C10H16N6. The molecule has 0 saturated heterocycles. The summed E-state index contributed by atoms with van der Waals surface area (Å²) in [6.45, 7) is 4.45. The summed E-state index contributed by atoms with van der Waals surface area (Å²) in [5.74, 6) is 0.854. The van der Waals surface area contributed by atoms with E-state index in [1.165, 1.54) is 0 Å². The molecule has 0 aliphatic heterocycles. The number of aromatic nitrogens is 4. The summed E-state index contributed by atoms with van der Waals surface area (Å²) in [5.41, 5.74) is 6.39. The van der Waals surface area contributed by atoms with Crippen molar-refractivity contribution in [3.8, 4) is 0 Å². The Kier molecular flexibility index (Phi) is 3.31. The monoisotopic (exact) mass is 220 g/mol. The van der Waals surface area contributed by atoms with Crippen molar-refractivity contribution >= 4 is 11.5 Å². The van der Waals surface area contributed by atoms with Crippen molar-refractivity contribution < 1.29 is 0 Å². The normalized spacial score (nSPS) is 10.9. The van der Waals surface area contributed by atoms with E-state index < -0.39 is 0 Å². The van der Waals surface area contributed by atoms with Gasteiger partial charge in [0, 0.05) is 32.0 Å². The molecule has 6 heteroatoms. The molecule has 0 unspecified atom stereocenters. The molecule has 2 rings (SSSR count). The van der Waals surface area contributed by atoms with E-state index >= 15 is 0 Å². The fourth-order valence-corrected chi connectivity index (χ4v) is 1.72. The van der Waals surface area contributed by atoms with Crippen LogP contribution in [0.2, 0.25) is 0 Å². The molecule has 0 aliphatic carbocycles. The van der Waals surface area contributed by atoms with Crippen molar-refractivity contribution in [3.63, 3.8) is 0 Å². The van der Waals surface area contributed by atoms with E-state index in [1.54, 1.807) is 12.5 Å². The second-order valence-electron chi connectivity index (χ2n) is 3.59. The van der Waals surface area contributed by atoms with Crippen LogP contribution in [0.4, 0.5) is 5.82 Å². The first-order valence-corrected chi connectivity index (χ1v) is 5.46. The van der Waals surface area contributed by atoms with Gasteiger partial charge in [0.1, 0.15) is 6.33 Å². The maximum absolute atomic E-state index is 5.60. The minimum Gasteiger partial charge on any atom is -0.352 e. The Balaban J connectivity index is 2.38. The fourth-order valence-electron chi connectivity index (χ4n) is 1.72. The smallest absolute Gasteiger partial charge is 0.203 e. The van der Waals surface area contributed by atoms with Crippen molar-refractivity contribution in [3.05, 3.63) is 18.7 Å². The first-order valence-electron chi connectivity index (χ1n) is 5.46. The highest BCUT2D eigenvalue weighted by Crippen LogP contribution is 2.15. The molecule has 0 aliphatic rings. The Hall–Kier alpha value is -1.69. The summed E-state index contributed by atoms with van der Waals surface area (Å²) in [6.07, 6.45) is 6.32. The van der Waals surface area contributed by atoms with Crippen LogP contribution in [0.1, 0.15) is 13.3 Å². The van der Waals surface area contributed by atoms with Gasteiger partial charge < -0.3 is 10.6 Å². The molecule has 0 radical (unpaired) electrons. The van der Waals surface area contributed by atoms with Gasteiger partial charge in [-0.1, -0.05) is 6.92 Å². The highest BCUT2D eigenvalue weighted by molar-refractivity contribution is 5.63. The van der Waals surface area contributed by atoms with E-state index in [0.29, 0.717) is 6.54 Å². The molecule has 86 valence electrons. The molecule has 0 amide bonds. The van der Waals surface area contributed by atoms with Gasteiger partial charge in [0.25, 0.3) is 0 Å².